The van der Waals surface area contributed by atoms with Gasteiger partial charge in [-0.3, -0.25) is 0 Å². The van der Waals surface area contributed by atoms with Crippen LogP contribution < -0.4 is 0 Å². The maximum atomic E-state index is 10.5. The first-order chi connectivity index (χ1) is 22.7. The normalized spacial score (nSPS) is 39.5. The van der Waals surface area contributed by atoms with Crippen molar-refractivity contribution in [2.75, 3.05) is 26.4 Å². The smallest absolute Gasteiger partial charge is 0.361 e. The molecule has 12 atom stereocenters. The molecule has 14 heteroatoms. The minimum atomic E-state index is -1.47. The Balaban J connectivity index is 0.982. The molecule has 3 aliphatic heterocycles. The van der Waals surface area contributed by atoms with Gasteiger partial charge in [-0.25, -0.2) is 0 Å². The van der Waals surface area contributed by atoms with E-state index in [-0.39, 0.29) is 19.1 Å². The van der Waals surface area contributed by atoms with Crippen molar-refractivity contribution in [3.63, 3.8) is 0 Å². The van der Waals surface area contributed by atoms with E-state index < -0.39 is 74.5 Å². The van der Waals surface area contributed by atoms with Gasteiger partial charge >= 0.3 is 6.48 Å². The molecule has 2 aliphatic carbocycles. The molecule has 0 aromatic rings. The first-order valence-corrected chi connectivity index (χ1v) is 17.4. The third kappa shape index (κ3) is 9.86. The third-order valence-corrected chi connectivity index (χ3v) is 9.86. The van der Waals surface area contributed by atoms with Crippen molar-refractivity contribution >= 4 is 0 Å². The van der Waals surface area contributed by atoms with Crippen molar-refractivity contribution in [2.24, 2.45) is 11.8 Å². The molecule has 1 saturated carbocycles. The fourth-order valence-corrected chi connectivity index (χ4v) is 6.92. The fourth-order valence-electron chi connectivity index (χ4n) is 6.92. The van der Waals surface area contributed by atoms with Crippen LogP contribution in [0.1, 0.15) is 77.0 Å². The van der Waals surface area contributed by atoms with Crippen molar-refractivity contribution < 1.29 is 68.9 Å². The van der Waals surface area contributed by atoms with Gasteiger partial charge in [-0.2, -0.15) is 0 Å². The molecule has 0 aromatic heterocycles. The van der Waals surface area contributed by atoms with Gasteiger partial charge in [0.15, 0.2) is 24.1 Å². The second kappa shape index (κ2) is 18.0. The van der Waals surface area contributed by atoms with Crippen molar-refractivity contribution in [3.05, 3.63) is 23.7 Å². The van der Waals surface area contributed by atoms with Crippen LogP contribution in [0.4, 0.5) is 0 Å². The van der Waals surface area contributed by atoms with Gasteiger partial charge in [-0.05, 0) is 49.7 Å². The maximum Gasteiger partial charge on any atom is 0.361 e. The van der Waals surface area contributed by atoms with E-state index in [0.29, 0.717) is 24.5 Å². The summed E-state index contributed by atoms with van der Waals surface area (Å²) in [6.45, 7) is -1.08. The molecule has 2 unspecified atom stereocenters. The van der Waals surface area contributed by atoms with Gasteiger partial charge in [0.25, 0.3) is 0 Å². The van der Waals surface area contributed by atoms with Gasteiger partial charge in [0.05, 0.1) is 13.2 Å². The summed E-state index contributed by atoms with van der Waals surface area (Å²) in [5.74, 6) is 2.09. The van der Waals surface area contributed by atoms with Crippen molar-refractivity contribution in [3.8, 4) is 0 Å². The van der Waals surface area contributed by atoms with Crippen molar-refractivity contribution in [1.82, 2.24) is 0 Å². The third-order valence-electron chi connectivity index (χ3n) is 9.86. The predicted octanol–water partition coefficient (Wildman–Crippen LogP) is 0.683. The largest absolute Gasteiger partial charge is 0.429 e. The lowest BCUT2D eigenvalue weighted by molar-refractivity contribution is -0.316. The number of allylic oxidation sites excluding steroid dienone is 2. The molecule has 0 radical (unpaired) electrons. The highest BCUT2D eigenvalue weighted by atomic mass is 16.9. The highest BCUT2D eigenvalue weighted by molar-refractivity contribution is 5.27. The van der Waals surface area contributed by atoms with E-state index in [1.165, 1.54) is 38.5 Å². The van der Waals surface area contributed by atoms with E-state index in [4.69, 9.17) is 33.2 Å². The standard InChI is InChI=1S/C33H54O14/c34-17-23-25(35)27(37)29(39)31(44-23)41-15-7-5-11-20-12-13-21-22(16-20)47-33(46-21)43-18-24-26(36)28(38)30(40)32(45-24)42-14-6-4-10-19-8-2-1-3-9-19/h13,16,19-20,23-40H,1-12,14-15,17-18H2/t20?,23-,24-,25-,26-,27+,28+,29-,30-,31-,32-,33?/m1/s1. The molecule has 0 bridgehead atoms. The van der Waals surface area contributed by atoms with Crippen LogP contribution in [0, 0.1) is 11.8 Å². The number of aliphatic hydroxyl groups is 7. The van der Waals surface area contributed by atoms with Gasteiger partial charge in [0.2, 0.25) is 0 Å². The molecule has 0 spiro atoms. The summed E-state index contributed by atoms with van der Waals surface area (Å²) in [5.41, 5.74) is 0. The van der Waals surface area contributed by atoms with Crippen molar-refractivity contribution in [1.29, 1.82) is 0 Å². The van der Waals surface area contributed by atoms with Crippen LogP contribution in [0.2, 0.25) is 0 Å². The molecular weight excluding hydrogens is 620 g/mol. The molecule has 4 fully saturated rings. The molecular formula is C33H54O14. The molecule has 3 saturated heterocycles. The van der Waals surface area contributed by atoms with Gasteiger partial charge < -0.3 is 68.9 Å². The number of unbranched alkanes of at least 4 members (excludes halogenated alkanes) is 2. The average molecular weight is 675 g/mol. The molecule has 7 N–H and O–H groups in total. The van der Waals surface area contributed by atoms with Crippen LogP contribution in [-0.2, 0) is 33.2 Å². The van der Waals surface area contributed by atoms with Crippen LogP contribution in [-0.4, -0.2) is 130 Å². The SMILES string of the molecule is OC[C@H]1O[C@@H](OCCCCC2C=C3OC(OC[C@H]4O[C@@H](OCCCCC5CCCCC5)[C@H](O)[C@@H](O)[C@@H]4O)OC3=CC2)[C@H](O)[C@@H](O)[C@@H]1O. The summed E-state index contributed by atoms with van der Waals surface area (Å²) in [5, 5.41) is 70.5. The molecule has 14 nitrogen and oxygen atoms in total. The first-order valence-electron chi connectivity index (χ1n) is 17.4. The molecule has 270 valence electrons. The summed E-state index contributed by atoms with van der Waals surface area (Å²) < 4.78 is 39.8. The van der Waals surface area contributed by atoms with E-state index in [1.807, 2.05) is 12.2 Å². The minimum absolute atomic E-state index is 0.157. The Morgan fingerprint density at radius 2 is 1.23 bits per heavy atom. The molecule has 5 rings (SSSR count). The summed E-state index contributed by atoms with van der Waals surface area (Å²) in [6, 6.07) is 0. The Labute approximate surface area is 275 Å². The zero-order valence-electron chi connectivity index (χ0n) is 27.0. The molecule has 0 aromatic carbocycles. The van der Waals surface area contributed by atoms with Crippen molar-refractivity contribution in [2.45, 2.75) is 145 Å². The number of hydrogen-bond acceptors (Lipinski definition) is 14. The van der Waals surface area contributed by atoms with Gasteiger partial charge in [0.1, 0.15) is 48.8 Å². The van der Waals surface area contributed by atoms with Crippen LogP contribution in [0.15, 0.2) is 23.7 Å². The minimum Gasteiger partial charge on any atom is -0.429 e. The van der Waals surface area contributed by atoms with Gasteiger partial charge in [-0.15, -0.1) is 0 Å². The lowest BCUT2D eigenvalue weighted by atomic mass is 9.86. The van der Waals surface area contributed by atoms with E-state index in [0.717, 1.165) is 38.0 Å². The summed E-state index contributed by atoms with van der Waals surface area (Å²) in [4.78, 5) is 0. The highest BCUT2D eigenvalue weighted by Gasteiger charge is 2.46. The molecule has 47 heavy (non-hydrogen) atoms. The van der Waals surface area contributed by atoms with Crippen LogP contribution in [0.25, 0.3) is 0 Å². The monoisotopic (exact) mass is 674 g/mol. The number of hydrogen-bond donors (Lipinski definition) is 7. The topological polar surface area (TPSA) is 206 Å². The Morgan fingerprint density at radius 1 is 0.638 bits per heavy atom. The summed E-state index contributed by atoms with van der Waals surface area (Å²) in [7, 11) is 0. The lowest BCUT2D eigenvalue weighted by Crippen LogP contribution is -2.59. The fraction of sp³-hybridized carbons (Fsp3) is 0.879. The second-order valence-electron chi connectivity index (χ2n) is 13.4. The molecule has 3 heterocycles. The summed E-state index contributed by atoms with van der Waals surface area (Å²) in [6.07, 6.45) is 3.81. The van der Waals surface area contributed by atoms with E-state index in [1.54, 1.807) is 0 Å². The van der Waals surface area contributed by atoms with Gasteiger partial charge in [-0.1, -0.05) is 51.4 Å². The Hall–Kier alpha value is -1.40. The van der Waals surface area contributed by atoms with E-state index in [9.17, 15) is 35.7 Å². The van der Waals surface area contributed by atoms with Crippen LogP contribution in [0.5, 0.6) is 0 Å². The number of rotatable bonds is 16. The lowest BCUT2D eigenvalue weighted by Gasteiger charge is -2.40. The highest BCUT2D eigenvalue weighted by Crippen LogP contribution is 2.35. The van der Waals surface area contributed by atoms with Crippen LogP contribution >= 0.6 is 0 Å². The molecule has 0 amide bonds. The maximum absolute atomic E-state index is 10.5. The number of aliphatic hydroxyl groups excluding tert-OH is 7. The van der Waals surface area contributed by atoms with Gasteiger partial charge in [0, 0.05) is 13.2 Å². The van der Waals surface area contributed by atoms with E-state index >= 15 is 0 Å². The number of fused-ring (bicyclic) bond motifs is 1. The molecule has 5 aliphatic rings. The Bertz CT molecular complexity index is 1000. The predicted molar refractivity (Wildman–Crippen MR) is 163 cm³/mol. The zero-order chi connectivity index (χ0) is 33.3. The Kier molecular flexibility index (Phi) is 14.1. The average Bonchev–Trinajstić information content (AvgIpc) is 3.50. The second-order valence-corrected chi connectivity index (χ2v) is 13.4. The quantitative estimate of drug-likeness (QED) is 0.113. The zero-order valence-corrected chi connectivity index (χ0v) is 27.0. The Morgan fingerprint density at radius 3 is 1.89 bits per heavy atom. The van der Waals surface area contributed by atoms with Crippen LogP contribution in [0.3, 0.4) is 0 Å². The first kappa shape index (κ1) is 36.9. The van der Waals surface area contributed by atoms with E-state index in [2.05, 4.69) is 0 Å². The number of ether oxygens (including phenoxy) is 7. The summed E-state index contributed by atoms with van der Waals surface area (Å²) >= 11 is 0.